The minimum atomic E-state index is -0.380. The molecule has 0 bridgehead atoms. The van der Waals surface area contributed by atoms with Crippen LogP contribution in [0.25, 0.3) is 5.69 Å². The van der Waals surface area contributed by atoms with Crippen LogP contribution in [0.5, 0.6) is 5.75 Å². The number of ether oxygens (including phenoxy) is 1. The van der Waals surface area contributed by atoms with Gasteiger partial charge in [0.15, 0.2) is 12.3 Å². The van der Waals surface area contributed by atoms with E-state index in [-0.39, 0.29) is 24.2 Å². The standard InChI is InChI=1S/C23H23FN4O3/c1-27(2)21(29)14-31-16-12-10-15(11-13-16)25-23(30)22-17-6-5-9-19(17)28(26-22)20-8-4-3-7-18(20)24/h3-4,7-8,10-13H,5-6,9,14H2,1-2H3,(H,25,30). The molecule has 0 aliphatic heterocycles. The third-order valence-electron chi connectivity index (χ3n) is 5.20. The summed E-state index contributed by atoms with van der Waals surface area (Å²) in [6, 6.07) is 13.2. The number of nitrogens with one attached hydrogen (secondary N) is 1. The minimum Gasteiger partial charge on any atom is -0.484 e. The average Bonchev–Trinajstić information content (AvgIpc) is 3.36. The predicted octanol–water partition coefficient (Wildman–Crippen LogP) is 3.22. The SMILES string of the molecule is CN(C)C(=O)COc1ccc(NC(=O)c2nn(-c3ccccc3F)c3c2CCC3)cc1. The molecule has 1 N–H and O–H groups in total. The molecule has 3 aromatic rings. The third kappa shape index (κ3) is 4.28. The van der Waals surface area contributed by atoms with E-state index in [9.17, 15) is 14.0 Å². The number of halogens is 1. The predicted molar refractivity (Wildman–Crippen MR) is 114 cm³/mol. The van der Waals surface area contributed by atoms with Crippen molar-refractivity contribution < 1.29 is 18.7 Å². The largest absolute Gasteiger partial charge is 0.484 e. The maximum atomic E-state index is 14.3. The third-order valence-corrected chi connectivity index (χ3v) is 5.20. The minimum absolute atomic E-state index is 0.0572. The summed E-state index contributed by atoms with van der Waals surface area (Å²) < 4.78 is 21.3. The molecule has 2 amide bonds. The summed E-state index contributed by atoms with van der Waals surface area (Å²) in [6.45, 7) is -0.0572. The number of rotatable bonds is 6. The van der Waals surface area contributed by atoms with Gasteiger partial charge in [-0.1, -0.05) is 12.1 Å². The molecule has 0 atom stereocenters. The highest BCUT2D eigenvalue weighted by atomic mass is 19.1. The van der Waals surface area contributed by atoms with Crippen molar-refractivity contribution >= 4 is 17.5 Å². The summed E-state index contributed by atoms with van der Waals surface area (Å²) >= 11 is 0. The van der Waals surface area contributed by atoms with Crippen LogP contribution in [0.4, 0.5) is 10.1 Å². The van der Waals surface area contributed by atoms with Crippen molar-refractivity contribution in [1.82, 2.24) is 14.7 Å². The van der Waals surface area contributed by atoms with E-state index in [1.165, 1.54) is 11.0 Å². The smallest absolute Gasteiger partial charge is 0.276 e. The van der Waals surface area contributed by atoms with Crippen molar-refractivity contribution in [3.05, 3.63) is 71.3 Å². The summed E-state index contributed by atoms with van der Waals surface area (Å²) in [7, 11) is 3.32. The van der Waals surface area contributed by atoms with Gasteiger partial charge in [-0.05, 0) is 55.7 Å². The zero-order valence-electron chi connectivity index (χ0n) is 17.4. The van der Waals surface area contributed by atoms with Crippen molar-refractivity contribution in [2.24, 2.45) is 0 Å². The molecule has 4 rings (SSSR count). The van der Waals surface area contributed by atoms with E-state index in [4.69, 9.17) is 4.74 Å². The molecular formula is C23H23FN4O3. The second kappa shape index (κ2) is 8.59. The number of nitrogens with zero attached hydrogens (tertiary/aromatic N) is 3. The Bertz CT molecular complexity index is 1120. The molecule has 7 nitrogen and oxygen atoms in total. The lowest BCUT2D eigenvalue weighted by Gasteiger charge is -2.11. The number of fused-ring (bicyclic) bond motifs is 1. The molecule has 0 spiro atoms. The molecule has 1 aliphatic carbocycles. The average molecular weight is 422 g/mol. The molecule has 0 fully saturated rings. The van der Waals surface area contributed by atoms with Crippen LogP contribution in [-0.2, 0) is 17.6 Å². The number of amides is 2. The van der Waals surface area contributed by atoms with Crippen molar-refractivity contribution in [3.8, 4) is 11.4 Å². The molecule has 1 aromatic heterocycles. The maximum Gasteiger partial charge on any atom is 0.276 e. The van der Waals surface area contributed by atoms with Gasteiger partial charge in [-0.15, -0.1) is 0 Å². The summed E-state index contributed by atoms with van der Waals surface area (Å²) in [6.07, 6.45) is 2.39. The zero-order valence-corrected chi connectivity index (χ0v) is 17.4. The van der Waals surface area contributed by atoms with Gasteiger partial charge in [-0.25, -0.2) is 9.07 Å². The number of para-hydroxylation sites is 1. The van der Waals surface area contributed by atoms with Crippen LogP contribution in [0.1, 0.15) is 28.2 Å². The number of hydrogen-bond acceptors (Lipinski definition) is 4. The molecule has 1 heterocycles. The fourth-order valence-electron chi connectivity index (χ4n) is 3.54. The van der Waals surface area contributed by atoms with E-state index in [0.29, 0.717) is 22.8 Å². The molecule has 0 saturated carbocycles. The first kappa shape index (κ1) is 20.6. The lowest BCUT2D eigenvalue weighted by atomic mass is 10.2. The Morgan fingerprint density at radius 2 is 1.87 bits per heavy atom. The molecule has 8 heteroatoms. The first-order valence-electron chi connectivity index (χ1n) is 10.0. The highest BCUT2D eigenvalue weighted by Gasteiger charge is 2.27. The summed E-state index contributed by atoms with van der Waals surface area (Å²) in [4.78, 5) is 26.0. The molecule has 2 aromatic carbocycles. The summed E-state index contributed by atoms with van der Waals surface area (Å²) in [5.41, 5.74) is 2.97. The molecule has 0 saturated heterocycles. The van der Waals surface area contributed by atoms with E-state index < -0.39 is 0 Å². The summed E-state index contributed by atoms with van der Waals surface area (Å²) in [5.74, 6) is -0.339. The number of aromatic nitrogens is 2. The van der Waals surface area contributed by atoms with Gasteiger partial charge in [0.25, 0.3) is 11.8 Å². The van der Waals surface area contributed by atoms with Crippen LogP contribution in [0.2, 0.25) is 0 Å². The maximum absolute atomic E-state index is 14.3. The van der Waals surface area contributed by atoms with Crippen LogP contribution in [0, 0.1) is 5.82 Å². The highest BCUT2D eigenvalue weighted by Crippen LogP contribution is 2.29. The Morgan fingerprint density at radius 1 is 1.13 bits per heavy atom. The second-order valence-corrected chi connectivity index (χ2v) is 7.55. The number of carbonyl (C=O) groups excluding carboxylic acids is 2. The fourth-order valence-corrected chi connectivity index (χ4v) is 3.54. The Labute approximate surface area is 179 Å². The van der Waals surface area contributed by atoms with E-state index in [0.717, 1.165) is 30.5 Å². The molecule has 0 radical (unpaired) electrons. The number of hydrogen-bond donors (Lipinski definition) is 1. The number of likely N-dealkylation sites (N-methyl/N-ethyl adjacent to an activating group) is 1. The van der Waals surface area contributed by atoms with Gasteiger partial charge >= 0.3 is 0 Å². The quantitative estimate of drug-likeness (QED) is 0.662. The second-order valence-electron chi connectivity index (χ2n) is 7.55. The van der Waals surface area contributed by atoms with Gasteiger partial charge < -0.3 is 15.0 Å². The Hall–Kier alpha value is -3.68. The van der Waals surface area contributed by atoms with E-state index in [1.807, 2.05) is 0 Å². The normalized spacial score (nSPS) is 12.4. The fraction of sp³-hybridized carbons (Fsp3) is 0.261. The topological polar surface area (TPSA) is 76.5 Å². The van der Waals surface area contributed by atoms with Gasteiger partial charge in [-0.3, -0.25) is 9.59 Å². The van der Waals surface area contributed by atoms with Gasteiger partial charge in [0.2, 0.25) is 0 Å². The lowest BCUT2D eigenvalue weighted by Crippen LogP contribution is -2.27. The van der Waals surface area contributed by atoms with Gasteiger partial charge in [-0.2, -0.15) is 5.10 Å². The number of anilines is 1. The van der Waals surface area contributed by atoms with Crippen LogP contribution < -0.4 is 10.1 Å². The first-order valence-corrected chi connectivity index (χ1v) is 10.0. The molecule has 160 valence electrons. The zero-order chi connectivity index (χ0) is 22.0. The molecule has 1 aliphatic rings. The summed E-state index contributed by atoms with van der Waals surface area (Å²) in [5, 5.41) is 7.28. The Morgan fingerprint density at radius 3 is 2.58 bits per heavy atom. The molecule has 31 heavy (non-hydrogen) atoms. The van der Waals surface area contributed by atoms with Crippen molar-refractivity contribution in [3.63, 3.8) is 0 Å². The van der Waals surface area contributed by atoms with E-state index >= 15 is 0 Å². The number of benzene rings is 2. The van der Waals surface area contributed by atoms with Crippen molar-refractivity contribution in [2.45, 2.75) is 19.3 Å². The van der Waals surface area contributed by atoms with Gasteiger partial charge in [0.1, 0.15) is 17.3 Å². The van der Waals surface area contributed by atoms with Crippen LogP contribution in [0.15, 0.2) is 48.5 Å². The molecular weight excluding hydrogens is 399 g/mol. The van der Waals surface area contributed by atoms with Gasteiger partial charge in [0, 0.05) is 31.0 Å². The Balaban J connectivity index is 1.50. The highest BCUT2D eigenvalue weighted by molar-refractivity contribution is 6.04. The van der Waals surface area contributed by atoms with Crippen molar-refractivity contribution in [1.29, 1.82) is 0 Å². The first-order chi connectivity index (χ1) is 14.9. The van der Waals surface area contributed by atoms with Crippen molar-refractivity contribution in [2.75, 3.05) is 26.0 Å². The van der Waals surface area contributed by atoms with Crippen LogP contribution >= 0.6 is 0 Å². The van der Waals surface area contributed by atoms with E-state index in [1.54, 1.807) is 61.2 Å². The lowest BCUT2D eigenvalue weighted by molar-refractivity contribution is -0.130. The molecule has 0 unspecified atom stereocenters. The monoisotopic (exact) mass is 422 g/mol. The number of carbonyl (C=O) groups is 2. The van der Waals surface area contributed by atoms with Gasteiger partial charge in [0.05, 0.1) is 0 Å². The Kier molecular flexibility index (Phi) is 5.70. The van der Waals surface area contributed by atoms with Crippen LogP contribution in [0.3, 0.4) is 0 Å². The van der Waals surface area contributed by atoms with Crippen LogP contribution in [-0.4, -0.2) is 47.2 Å². The van der Waals surface area contributed by atoms with E-state index in [2.05, 4.69) is 10.4 Å².